The monoisotopic (exact) mass is 842 g/mol. The van der Waals surface area contributed by atoms with Gasteiger partial charge in [-0.25, -0.2) is 4.57 Å². The third kappa shape index (κ3) is 16.7. The van der Waals surface area contributed by atoms with E-state index in [1.807, 2.05) is 38.7 Å². The lowest BCUT2D eigenvalue weighted by Crippen LogP contribution is -2.51. The molecule has 0 amide bonds. The van der Waals surface area contributed by atoms with Crippen LogP contribution in [0.4, 0.5) is 0 Å². The number of nitrogens with zero attached hydrogens (tertiary/aromatic N) is 4. The highest BCUT2D eigenvalue weighted by molar-refractivity contribution is 7.85. The SMILES string of the molecule is Cc1cc(C)c(-c2cc(C)c(OP(=O)(O)OCCCC(C(=O)O)N3CCN(CC(=O)O)CCN(CCCCS(=O)(=O)O)CCN(CC(=O)O)CC3)cc2C)c(C)c1. The summed E-state index contributed by atoms with van der Waals surface area (Å²) in [6.45, 7) is 11.3. The smallest absolute Gasteiger partial charge is 0.480 e. The van der Waals surface area contributed by atoms with Gasteiger partial charge in [0.15, 0.2) is 0 Å². The second-order valence-electron chi connectivity index (χ2n) is 14.8. The molecular formula is C38H59N4O13PS. The maximum absolute atomic E-state index is 13.1. The van der Waals surface area contributed by atoms with E-state index in [-0.39, 0.29) is 76.6 Å². The van der Waals surface area contributed by atoms with Crippen LogP contribution in [0.25, 0.3) is 11.1 Å². The van der Waals surface area contributed by atoms with Gasteiger partial charge in [0.2, 0.25) is 0 Å². The Morgan fingerprint density at radius 2 is 1.26 bits per heavy atom. The van der Waals surface area contributed by atoms with Crippen LogP contribution in [0.3, 0.4) is 0 Å². The van der Waals surface area contributed by atoms with Gasteiger partial charge in [-0.3, -0.25) is 43.1 Å². The Kier molecular flexibility index (Phi) is 18.6. The van der Waals surface area contributed by atoms with Gasteiger partial charge in [0.1, 0.15) is 11.8 Å². The molecule has 1 saturated heterocycles. The Balaban J connectivity index is 1.69. The molecule has 2 unspecified atom stereocenters. The number of carbonyl (C=O) groups is 3. The van der Waals surface area contributed by atoms with Gasteiger partial charge in [-0.05, 0) is 112 Å². The number of hydrogen-bond donors (Lipinski definition) is 5. The number of benzene rings is 2. The molecule has 320 valence electrons. The summed E-state index contributed by atoms with van der Waals surface area (Å²) in [5.74, 6) is -3.51. The van der Waals surface area contributed by atoms with Gasteiger partial charge < -0.3 is 24.7 Å². The van der Waals surface area contributed by atoms with Gasteiger partial charge >= 0.3 is 25.7 Å². The molecule has 0 bridgehead atoms. The van der Waals surface area contributed by atoms with Crippen LogP contribution in [-0.4, -0.2) is 161 Å². The van der Waals surface area contributed by atoms with Crippen molar-refractivity contribution in [2.45, 2.75) is 66.3 Å². The lowest BCUT2D eigenvalue weighted by atomic mass is 9.90. The predicted molar refractivity (Wildman–Crippen MR) is 214 cm³/mol. The molecule has 1 aliphatic rings. The highest BCUT2D eigenvalue weighted by Gasteiger charge is 2.29. The van der Waals surface area contributed by atoms with Crippen molar-refractivity contribution >= 4 is 35.8 Å². The van der Waals surface area contributed by atoms with Crippen LogP contribution < -0.4 is 4.52 Å². The summed E-state index contributed by atoms with van der Waals surface area (Å²) in [7, 11) is -8.73. The minimum atomic E-state index is -4.61. The molecule has 57 heavy (non-hydrogen) atoms. The van der Waals surface area contributed by atoms with Crippen molar-refractivity contribution in [1.82, 2.24) is 19.6 Å². The van der Waals surface area contributed by atoms with Gasteiger partial charge in [0.05, 0.1) is 25.4 Å². The van der Waals surface area contributed by atoms with E-state index in [1.165, 1.54) is 0 Å². The average Bonchev–Trinajstić information content (AvgIpc) is 3.07. The zero-order valence-corrected chi connectivity index (χ0v) is 35.3. The highest BCUT2D eigenvalue weighted by Crippen LogP contribution is 2.46. The number of phosphoric acid groups is 1. The summed E-state index contributed by atoms with van der Waals surface area (Å²) < 4.78 is 55.2. The van der Waals surface area contributed by atoms with Gasteiger partial charge in [0.25, 0.3) is 10.1 Å². The molecule has 0 radical (unpaired) electrons. The molecule has 19 heteroatoms. The van der Waals surface area contributed by atoms with Crippen molar-refractivity contribution in [3.05, 3.63) is 52.1 Å². The van der Waals surface area contributed by atoms with E-state index < -0.39 is 41.9 Å². The Hall–Kier alpha value is -3.45. The number of phosphoric ester groups is 1. The summed E-state index contributed by atoms with van der Waals surface area (Å²) >= 11 is 0. The summed E-state index contributed by atoms with van der Waals surface area (Å²) in [6.07, 6.45) is 0.725. The summed E-state index contributed by atoms with van der Waals surface area (Å²) in [6, 6.07) is 6.71. The molecule has 0 saturated carbocycles. The Bertz CT molecular complexity index is 1810. The van der Waals surface area contributed by atoms with E-state index in [9.17, 15) is 47.6 Å². The van der Waals surface area contributed by atoms with Crippen molar-refractivity contribution in [3.8, 4) is 16.9 Å². The third-order valence-corrected chi connectivity index (χ3v) is 11.7. The highest BCUT2D eigenvalue weighted by atomic mass is 32.2. The molecule has 1 aliphatic heterocycles. The number of rotatable bonds is 19. The van der Waals surface area contributed by atoms with Gasteiger partial charge in [0, 0.05) is 52.4 Å². The fourth-order valence-electron chi connectivity index (χ4n) is 7.24. The molecule has 0 aromatic heterocycles. The quantitative estimate of drug-likeness (QED) is 0.0771. The lowest BCUT2D eigenvalue weighted by molar-refractivity contribution is -0.145. The minimum Gasteiger partial charge on any atom is -0.480 e. The van der Waals surface area contributed by atoms with Crippen LogP contribution in [0.5, 0.6) is 5.75 Å². The Morgan fingerprint density at radius 1 is 0.737 bits per heavy atom. The summed E-state index contributed by atoms with van der Waals surface area (Å²) in [5, 5.41) is 29.5. The molecule has 5 N–H and O–H groups in total. The van der Waals surface area contributed by atoms with Crippen molar-refractivity contribution in [2.75, 3.05) is 84.4 Å². The zero-order valence-electron chi connectivity index (χ0n) is 33.6. The van der Waals surface area contributed by atoms with Crippen molar-refractivity contribution < 1.29 is 61.2 Å². The van der Waals surface area contributed by atoms with Crippen LogP contribution in [0.1, 0.15) is 53.5 Å². The fourth-order valence-corrected chi connectivity index (χ4v) is 8.67. The number of aryl methyl sites for hydroxylation is 5. The van der Waals surface area contributed by atoms with Crippen LogP contribution in [0, 0.1) is 34.6 Å². The summed E-state index contributed by atoms with van der Waals surface area (Å²) in [4.78, 5) is 53.7. The van der Waals surface area contributed by atoms with E-state index in [4.69, 9.17) is 13.6 Å². The number of unbranched alkanes of at least 4 members (excludes halogenated alkanes) is 1. The van der Waals surface area contributed by atoms with E-state index in [2.05, 4.69) is 12.1 Å². The molecule has 2 atom stereocenters. The number of hydrogen-bond acceptors (Lipinski definition) is 12. The number of aliphatic carboxylic acids is 3. The third-order valence-electron chi connectivity index (χ3n) is 10.0. The van der Waals surface area contributed by atoms with Crippen LogP contribution >= 0.6 is 7.82 Å². The lowest BCUT2D eigenvalue weighted by Gasteiger charge is -2.35. The normalized spacial score (nSPS) is 17.6. The van der Waals surface area contributed by atoms with Crippen molar-refractivity contribution in [3.63, 3.8) is 0 Å². The molecule has 3 rings (SSSR count). The van der Waals surface area contributed by atoms with E-state index in [0.717, 1.165) is 33.4 Å². The molecular weight excluding hydrogens is 783 g/mol. The van der Waals surface area contributed by atoms with E-state index in [0.29, 0.717) is 44.7 Å². The van der Waals surface area contributed by atoms with Gasteiger partial charge in [-0.15, -0.1) is 0 Å². The maximum atomic E-state index is 13.1. The Morgan fingerprint density at radius 3 is 1.77 bits per heavy atom. The van der Waals surface area contributed by atoms with Crippen LogP contribution in [0.2, 0.25) is 0 Å². The predicted octanol–water partition coefficient (Wildman–Crippen LogP) is 3.68. The first kappa shape index (κ1) is 47.9. The number of carboxylic acids is 3. The molecule has 2 aromatic carbocycles. The second-order valence-corrected chi connectivity index (χ2v) is 17.8. The Labute approximate surface area is 335 Å². The molecule has 2 aromatic rings. The maximum Gasteiger partial charge on any atom is 0.527 e. The van der Waals surface area contributed by atoms with Crippen LogP contribution in [0.15, 0.2) is 24.3 Å². The fraction of sp³-hybridized carbons (Fsp3) is 0.605. The van der Waals surface area contributed by atoms with Crippen molar-refractivity contribution in [2.24, 2.45) is 0 Å². The van der Waals surface area contributed by atoms with Crippen LogP contribution in [-0.2, 0) is 33.6 Å². The average molecular weight is 843 g/mol. The van der Waals surface area contributed by atoms with Gasteiger partial charge in [-0.1, -0.05) is 17.7 Å². The van der Waals surface area contributed by atoms with E-state index >= 15 is 0 Å². The standard InChI is InChI=1S/C38H59N4O13PS/c1-27-21-30(4)37(31(5)22-27)32-23-29(3)34(24-28(32)2)55-56(49,50)54-19-8-9-33(38(47)48)42-17-15-40(25-35(43)44)13-11-39(10-6-7-20-57(51,52)53)12-14-41(16-18-42)26-36(45)46/h21-24,33H,6-20,25-26H2,1-5H3,(H,43,44)(H,45,46)(H,47,48)(H,49,50)(H,51,52,53). The zero-order chi connectivity index (χ0) is 42.5. The first-order valence-corrected chi connectivity index (χ1v) is 22.1. The molecule has 17 nitrogen and oxygen atoms in total. The molecule has 1 heterocycles. The largest absolute Gasteiger partial charge is 0.527 e. The number of carboxylic acid groups (broad SMARTS) is 3. The first-order valence-electron chi connectivity index (χ1n) is 19.0. The first-order chi connectivity index (χ1) is 26.6. The molecule has 0 spiro atoms. The van der Waals surface area contributed by atoms with Gasteiger partial charge in [-0.2, -0.15) is 8.42 Å². The van der Waals surface area contributed by atoms with E-state index in [1.54, 1.807) is 27.7 Å². The summed E-state index contributed by atoms with van der Waals surface area (Å²) in [5.41, 5.74) is 6.92. The topological polar surface area (TPSA) is 235 Å². The minimum absolute atomic E-state index is 0.00656. The second kappa shape index (κ2) is 22.1. The molecule has 0 aliphatic carbocycles. The van der Waals surface area contributed by atoms with Crippen molar-refractivity contribution in [1.29, 1.82) is 0 Å². The molecule has 1 fully saturated rings.